The number of aliphatic hydroxyl groups excluding tert-OH is 1. The van der Waals surface area contributed by atoms with Crippen molar-refractivity contribution in [3.8, 4) is 0 Å². The molecule has 1 fully saturated rings. The van der Waals surface area contributed by atoms with Gasteiger partial charge in [-0.3, -0.25) is 4.79 Å². The molecule has 0 radical (unpaired) electrons. The van der Waals surface area contributed by atoms with E-state index in [-0.39, 0.29) is 18.1 Å². The summed E-state index contributed by atoms with van der Waals surface area (Å²) in [6.07, 6.45) is 2.73. The van der Waals surface area contributed by atoms with E-state index in [1.807, 2.05) is 18.9 Å². The van der Waals surface area contributed by atoms with Crippen LogP contribution in [0.4, 0.5) is 0 Å². The van der Waals surface area contributed by atoms with E-state index in [1.165, 1.54) is 11.1 Å². The molecular formula is C20H31N3O2. The van der Waals surface area contributed by atoms with E-state index in [0.29, 0.717) is 5.92 Å². The minimum atomic E-state index is -0.263. The number of likely N-dealkylation sites (tertiary alicyclic amines) is 1. The van der Waals surface area contributed by atoms with E-state index in [2.05, 4.69) is 34.5 Å². The number of hydrogen-bond acceptors (Lipinski definition) is 4. The van der Waals surface area contributed by atoms with Crippen LogP contribution >= 0.6 is 0 Å². The van der Waals surface area contributed by atoms with Crippen LogP contribution in [-0.4, -0.2) is 66.2 Å². The number of nitrogens with zero attached hydrogens (tertiary/aromatic N) is 2. The molecule has 2 heterocycles. The molecule has 5 heteroatoms. The molecule has 1 saturated heterocycles. The van der Waals surface area contributed by atoms with Gasteiger partial charge in [0, 0.05) is 26.7 Å². The Kier molecular flexibility index (Phi) is 6.10. The number of fused-ring (bicyclic) bond motifs is 1. The van der Waals surface area contributed by atoms with Crippen LogP contribution in [-0.2, 0) is 17.8 Å². The second-order valence-electron chi connectivity index (χ2n) is 7.72. The van der Waals surface area contributed by atoms with E-state index in [4.69, 9.17) is 0 Å². The fourth-order valence-corrected chi connectivity index (χ4v) is 4.10. The SMILES string of the molecule is CC(O)CN1CCC(CN(C)C(=O)C2Cc3ccccc3CN2)CC1. The van der Waals surface area contributed by atoms with Gasteiger partial charge < -0.3 is 20.2 Å². The fourth-order valence-electron chi connectivity index (χ4n) is 4.10. The van der Waals surface area contributed by atoms with Crippen LogP contribution in [0, 0.1) is 5.92 Å². The molecule has 138 valence electrons. The number of aliphatic hydroxyl groups is 1. The van der Waals surface area contributed by atoms with Crippen LogP contribution in [0.3, 0.4) is 0 Å². The third-order valence-corrected chi connectivity index (χ3v) is 5.52. The topological polar surface area (TPSA) is 55.8 Å². The maximum Gasteiger partial charge on any atom is 0.239 e. The zero-order chi connectivity index (χ0) is 17.8. The number of amides is 1. The van der Waals surface area contributed by atoms with Gasteiger partial charge in [-0.2, -0.15) is 0 Å². The van der Waals surface area contributed by atoms with Crippen molar-refractivity contribution in [2.75, 3.05) is 33.2 Å². The molecule has 1 aromatic carbocycles. The van der Waals surface area contributed by atoms with Crippen molar-refractivity contribution >= 4 is 5.91 Å². The summed E-state index contributed by atoms with van der Waals surface area (Å²) in [7, 11) is 1.94. The predicted octanol–water partition coefficient (Wildman–Crippen LogP) is 1.25. The Morgan fingerprint density at radius 2 is 2.00 bits per heavy atom. The lowest BCUT2D eigenvalue weighted by molar-refractivity contribution is -0.133. The number of rotatable bonds is 5. The lowest BCUT2D eigenvalue weighted by Crippen LogP contribution is -2.50. The number of nitrogens with one attached hydrogen (secondary N) is 1. The predicted molar refractivity (Wildman–Crippen MR) is 99.3 cm³/mol. The highest BCUT2D eigenvalue weighted by molar-refractivity contribution is 5.82. The van der Waals surface area contributed by atoms with E-state index in [9.17, 15) is 9.90 Å². The Morgan fingerprint density at radius 3 is 2.68 bits per heavy atom. The maximum absolute atomic E-state index is 12.8. The Hall–Kier alpha value is -1.43. The average molecular weight is 345 g/mol. The van der Waals surface area contributed by atoms with Crippen LogP contribution in [0.25, 0.3) is 0 Å². The number of β-amino-alcohol motifs (C(OH)–C–C–N with tert-alkyl or cyclic N) is 1. The Labute approximate surface area is 151 Å². The van der Waals surface area contributed by atoms with Gasteiger partial charge in [0.05, 0.1) is 12.1 Å². The third-order valence-electron chi connectivity index (χ3n) is 5.52. The minimum Gasteiger partial charge on any atom is -0.392 e. The third kappa shape index (κ3) is 4.81. The molecule has 1 amide bonds. The number of likely N-dealkylation sites (N-methyl/N-ethyl adjacent to an activating group) is 1. The first-order valence-corrected chi connectivity index (χ1v) is 9.48. The van der Waals surface area contributed by atoms with Crippen LogP contribution in [0.15, 0.2) is 24.3 Å². The molecule has 0 aliphatic carbocycles. The average Bonchev–Trinajstić information content (AvgIpc) is 2.62. The van der Waals surface area contributed by atoms with Gasteiger partial charge in [-0.25, -0.2) is 0 Å². The number of piperidine rings is 1. The highest BCUT2D eigenvalue weighted by Gasteiger charge is 2.28. The standard InChI is InChI=1S/C20H31N3O2/c1-15(24)13-23-9-7-16(8-10-23)14-22(2)20(25)19-11-17-5-3-4-6-18(17)12-21-19/h3-6,15-16,19,21,24H,7-14H2,1-2H3. The van der Waals surface area contributed by atoms with Gasteiger partial charge in [0.2, 0.25) is 5.91 Å². The van der Waals surface area contributed by atoms with Gasteiger partial charge in [0.25, 0.3) is 0 Å². The summed E-state index contributed by atoms with van der Waals surface area (Å²) in [5.74, 6) is 0.774. The number of carbonyl (C=O) groups is 1. The van der Waals surface area contributed by atoms with Gasteiger partial charge in [0.15, 0.2) is 0 Å². The first kappa shape index (κ1) is 18.4. The Bertz CT molecular complexity index is 582. The highest BCUT2D eigenvalue weighted by Crippen LogP contribution is 2.20. The summed E-state index contributed by atoms with van der Waals surface area (Å²) in [6, 6.07) is 8.27. The van der Waals surface area contributed by atoms with Crippen LogP contribution in [0.1, 0.15) is 30.9 Å². The lowest BCUT2D eigenvalue weighted by Gasteiger charge is -2.35. The monoisotopic (exact) mass is 345 g/mol. The molecule has 1 aromatic rings. The molecule has 0 aromatic heterocycles. The number of hydrogen-bond donors (Lipinski definition) is 2. The van der Waals surface area contributed by atoms with Crippen LogP contribution in [0.5, 0.6) is 0 Å². The molecule has 2 N–H and O–H groups in total. The Morgan fingerprint density at radius 1 is 1.32 bits per heavy atom. The summed E-state index contributed by atoms with van der Waals surface area (Å²) in [6.45, 7) is 6.25. The van der Waals surface area contributed by atoms with Crippen molar-refractivity contribution in [3.05, 3.63) is 35.4 Å². The number of benzene rings is 1. The van der Waals surface area contributed by atoms with Gasteiger partial charge in [-0.1, -0.05) is 24.3 Å². The van der Waals surface area contributed by atoms with Crippen molar-refractivity contribution in [3.63, 3.8) is 0 Å². The zero-order valence-corrected chi connectivity index (χ0v) is 15.4. The molecule has 2 aliphatic heterocycles. The fraction of sp³-hybridized carbons (Fsp3) is 0.650. The van der Waals surface area contributed by atoms with Gasteiger partial charge >= 0.3 is 0 Å². The summed E-state index contributed by atoms with van der Waals surface area (Å²) in [4.78, 5) is 17.1. The normalized spacial score (nSPS) is 23.1. The van der Waals surface area contributed by atoms with Crippen molar-refractivity contribution in [2.45, 2.75) is 44.9 Å². The molecule has 0 bridgehead atoms. The highest BCUT2D eigenvalue weighted by atomic mass is 16.3. The number of carbonyl (C=O) groups excluding carboxylic acids is 1. The summed E-state index contributed by atoms with van der Waals surface area (Å²) in [5.41, 5.74) is 2.60. The first-order valence-electron chi connectivity index (χ1n) is 9.48. The van der Waals surface area contributed by atoms with Crippen molar-refractivity contribution < 1.29 is 9.90 Å². The molecule has 3 rings (SSSR count). The molecule has 0 spiro atoms. The summed E-state index contributed by atoms with van der Waals surface area (Å²) in [5, 5.41) is 12.9. The molecule has 25 heavy (non-hydrogen) atoms. The molecular weight excluding hydrogens is 314 g/mol. The Balaban J connectivity index is 1.47. The van der Waals surface area contributed by atoms with Gasteiger partial charge in [-0.05, 0) is 56.3 Å². The molecule has 5 nitrogen and oxygen atoms in total. The van der Waals surface area contributed by atoms with Crippen molar-refractivity contribution in [1.29, 1.82) is 0 Å². The first-order chi connectivity index (χ1) is 12.0. The van der Waals surface area contributed by atoms with Gasteiger partial charge in [-0.15, -0.1) is 0 Å². The van der Waals surface area contributed by atoms with Crippen LogP contribution in [0.2, 0.25) is 0 Å². The smallest absolute Gasteiger partial charge is 0.239 e. The quantitative estimate of drug-likeness (QED) is 0.843. The second kappa shape index (κ2) is 8.30. The van der Waals surface area contributed by atoms with Crippen LogP contribution < -0.4 is 5.32 Å². The molecule has 2 unspecified atom stereocenters. The minimum absolute atomic E-state index is 0.102. The van der Waals surface area contributed by atoms with Crippen molar-refractivity contribution in [2.24, 2.45) is 5.92 Å². The summed E-state index contributed by atoms with van der Waals surface area (Å²) < 4.78 is 0. The maximum atomic E-state index is 12.8. The molecule has 0 saturated carbocycles. The van der Waals surface area contributed by atoms with E-state index in [1.54, 1.807) is 0 Å². The molecule has 2 atom stereocenters. The van der Waals surface area contributed by atoms with E-state index >= 15 is 0 Å². The second-order valence-corrected chi connectivity index (χ2v) is 7.72. The zero-order valence-electron chi connectivity index (χ0n) is 15.4. The molecule has 2 aliphatic rings. The van der Waals surface area contributed by atoms with E-state index in [0.717, 1.165) is 52.0 Å². The van der Waals surface area contributed by atoms with Crippen molar-refractivity contribution in [1.82, 2.24) is 15.1 Å². The lowest BCUT2D eigenvalue weighted by atomic mass is 9.93. The van der Waals surface area contributed by atoms with E-state index < -0.39 is 0 Å². The summed E-state index contributed by atoms with van der Waals surface area (Å²) >= 11 is 0. The largest absolute Gasteiger partial charge is 0.392 e. The van der Waals surface area contributed by atoms with Gasteiger partial charge in [0.1, 0.15) is 0 Å².